The lowest BCUT2D eigenvalue weighted by Crippen LogP contribution is -2.37. The fourth-order valence-electron chi connectivity index (χ4n) is 1.97. The van der Waals surface area contributed by atoms with E-state index in [1.165, 1.54) is 0 Å². The van der Waals surface area contributed by atoms with E-state index < -0.39 is 17.9 Å². The average molecular weight is 298 g/mol. The number of amides is 2. The van der Waals surface area contributed by atoms with Gasteiger partial charge in [-0.2, -0.15) is 0 Å². The third-order valence-corrected chi connectivity index (χ3v) is 3.12. The Morgan fingerprint density at radius 2 is 1.77 bits per heavy atom. The molecule has 0 heterocycles. The second-order valence-corrected chi connectivity index (χ2v) is 4.96. The maximum Gasteiger partial charge on any atom is 0.313 e. The van der Waals surface area contributed by atoms with Gasteiger partial charge in [0.25, 0.3) is 0 Å². The van der Waals surface area contributed by atoms with Crippen LogP contribution in [0.15, 0.2) is 54.6 Å². The number of carbonyl (C=O) groups excluding carboxylic acids is 2. The van der Waals surface area contributed by atoms with Crippen molar-refractivity contribution in [1.29, 1.82) is 0 Å². The number of aliphatic hydroxyl groups is 1. The molecule has 0 spiro atoms. The molecule has 5 nitrogen and oxygen atoms in total. The summed E-state index contributed by atoms with van der Waals surface area (Å²) < 4.78 is 0. The fourth-order valence-corrected chi connectivity index (χ4v) is 1.97. The first-order chi connectivity index (χ1) is 10.6. The minimum absolute atomic E-state index is 0.0237. The van der Waals surface area contributed by atoms with E-state index >= 15 is 0 Å². The zero-order valence-corrected chi connectivity index (χ0v) is 12.2. The Morgan fingerprint density at radius 1 is 1.05 bits per heavy atom. The Hall–Kier alpha value is -2.66. The van der Waals surface area contributed by atoms with Crippen molar-refractivity contribution in [1.82, 2.24) is 5.32 Å². The molecule has 2 aromatic carbocycles. The van der Waals surface area contributed by atoms with Gasteiger partial charge in [-0.25, -0.2) is 0 Å². The molecule has 0 aliphatic rings. The summed E-state index contributed by atoms with van der Waals surface area (Å²) in [4.78, 5) is 23.5. The molecule has 0 saturated heterocycles. The molecule has 0 aromatic heterocycles. The Morgan fingerprint density at radius 3 is 2.45 bits per heavy atom. The van der Waals surface area contributed by atoms with E-state index in [1.807, 2.05) is 19.1 Å². The van der Waals surface area contributed by atoms with Gasteiger partial charge in [-0.05, 0) is 30.2 Å². The van der Waals surface area contributed by atoms with E-state index in [2.05, 4.69) is 10.6 Å². The number of nitrogens with one attached hydrogen (secondary N) is 2. The lowest BCUT2D eigenvalue weighted by atomic mass is 10.1. The number of aryl methyl sites for hydroxylation is 1. The summed E-state index contributed by atoms with van der Waals surface area (Å²) in [5.41, 5.74) is 2.23. The molecule has 1 atom stereocenters. The summed E-state index contributed by atoms with van der Waals surface area (Å²) in [6, 6.07) is 16.1. The molecule has 2 aromatic rings. The highest BCUT2D eigenvalue weighted by Crippen LogP contribution is 2.11. The molecule has 3 N–H and O–H groups in total. The molecule has 0 fully saturated rings. The van der Waals surface area contributed by atoms with E-state index in [1.54, 1.807) is 42.5 Å². The minimum atomic E-state index is -0.850. The molecule has 114 valence electrons. The lowest BCUT2D eigenvalue weighted by Gasteiger charge is -2.12. The molecule has 2 amide bonds. The van der Waals surface area contributed by atoms with Crippen molar-refractivity contribution in [2.75, 3.05) is 11.9 Å². The van der Waals surface area contributed by atoms with Gasteiger partial charge in [-0.1, -0.05) is 42.5 Å². The van der Waals surface area contributed by atoms with Gasteiger partial charge in [0.1, 0.15) is 0 Å². The third-order valence-electron chi connectivity index (χ3n) is 3.12. The number of benzene rings is 2. The van der Waals surface area contributed by atoms with Crippen LogP contribution in [0.25, 0.3) is 0 Å². The van der Waals surface area contributed by atoms with Crippen LogP contribution < -0.4 is 10.6 Å². The Balaban J connectivity index is 1.85. The van der Waals surface area contributed by atoms with E-state index in [0.29, 0.717) is 11.3 Å². The van der Waals surface area contributed by atoms with Crippen molar-refractivity contribution in [2.45, 2.75) is 13.0 Å². The summed E-state index contributed by atoms with van der Waals surface area (Å²) in [5, 5.41) is 14.9. The van der Waals surface area contributed by atoms with Crippen molar-refractivity contribution < 1.29 is 14.7 Å². The molecular weight excluding hydrogens is 280 g/mol. The second kappa shape index (κ2) is 7.38. The predicted molar refractivity (Wildman–Crippen MR) is 84.2 cm³/mol. The van der Waals surface area contributed by atoms with Crippen molar-refractivity contribution in [2.24, 2.45) is 0 Å². The van der Waals surface area contributed by atoms with Crippen molar-refractivity contribution in [3.8, 4) is 0 Å². The average Bonchev–Trinajstić information content (AvgIpc) is 2.53. The molecule has 0 saturated carbocycles. The summed E-state index contributed by atoms with van der Waals surface area (Å²) in [6.07, 6.45) is -0.850. The molecule has 0 unspecified atom stereocenters. The molecule has 0 aliphatic carbocycles. The van der Waals surface area contributed by atoms with Crippen LogP contribution in [0.2, 0.25) is 0 Å². The van der Waals surface area contributed by atoms with Crippen molar-refractivity contribution in [3.63, 3.8) is 0 Å². The maximum atomic E-state index is 11.8. The first kappa shape index (κ1) is 15.7. The predicted octanol–water partition coefficient (Wildman–Crippen LogP) is 1.78. The molecule has 0 aliphatic heterocycles. The smallest absolute Gasteiger partial charge is 0.313 e. The highest BCUT2D eigenvalue weighted by atomic mass is 16.3. The van der Waals surface area contributed by atoms with Crippen LogP contribution in [0.1, 0.15) is 17.2 Å². The van der Waals surface area contributed by atoms with Gasteiger partial charge in [0, 0.05) is 12.2 Å². The summed E-state index contributed by atoms with van der Waals surface area (Å²) in [6.45, 7) is 1.87. The highest BCUT2D eigenvalue weighted by molar-refractivity contribution is 6.39. The molecule has 0 radical (unpaired) electrons. The summed E-state index contributed by atoms with van der Waals surface area (Å²) >= 11 is 0. The van der Waals surface area contributed by atoms with Gasteiger partial charge in [-0.3, -0.25) is 9.59 Å². The first-order valence-electron chi connectivity index (χ1n) is 6.95. The zero-order chi connectivity index (χ0) is 15.9. The van der Waals surface area contributed by atoms with Crippen LogP contribution in [-0.2, 0) is 9.59 Å². The van der Waals surface area contributed by atoms with Gasteiger partial charge in [-0.15, -0.1) is 0 Å². The van der Waals surface area contributed by atoms with Crippen LogP contribution in [0.5, 0.6) is 0 Å². The summed E-state index contributed by atoms with van der Waals surface area (Å²) in [5.74, 6) is -1.54. The summed E-state index contributed by atoms with van der Waals surface area (Å²) in [7, 11) is 0. The highest BCUT2D eigenvalue weighted by Gasteiger charge is 2.15. The molecule has 5 heteroatoms. The quantitative estimate of drug-likeness (QED) is 0.753. The fraction of sp³-hybridized carbons (Fsp3) is 0.176. The van der Waals surface area contributed by atoms with Crippen LogP contribution in [-0.4, -0.2) is 23.5 Å². The monoisotopic (exact) mass is 298 g/mol. The van der Waals surface area contributed by atoms with Crippen LogP contribution in [0, 0.1) is 6.92 Å². The van der Waals surface area contributed by atoms with Crippen LogP contribution in [0.4, 0.5) is 5.69 Å². The minimum Gasteiger partial charge on any atom is -0.387 e. The largest absolute Gasteiger partial charge is 0.387 e. The first-order valence-corrected chi connectivity index (χ1v) is 6.95. The number of carbonyl (C=O) groups is 2. The lowest BCUT2D eigenvalue weighted by molar-refractivity contribution is -0.136. The van der Waals surface area contributed by atoms with E-state index in [4.69, 9.17) is 0 Å². The normalized spacial score (nSPS) is 11.5. The Labute approximate surface area is 129 Å². The molecule has 22 heavy (non-hydrogen) atoms. The van der Waals surface area contributed by atoms with Gasteiger partial charge in [0.2, 0.25) is 0 Å². The SMILES string of the molecule is Cc1cccc(NC(=O)C(=O)NC[C@@H](O)c2ccccc2)c1. The Bertz CT molecular complexity index is 656. The standard InChI is InChI=1S/C17H18N2O3/c1-12-6-5-9-14(10-12)19-17(22)16(21)18-11-15(20)13-7-3-2-4-8-13/h2-10,15,20H,11H2,1H3,(H,18,21)(H,19,22)/t15-/m1/s1. The number of hydrogen-bond acceptors (Lipinski definition) is 3. The van der Waals surface area contributed by atoms with Crippen molar-refractivity contribution in [3.05, 3.63) is 65.7 Å². The van der Waals surface area contributed by atoms with Gasteiger partial charge in [0.15, 0.2) is 0 Å². The van der Waals surface area contributed by atoms with E-state index in [9.17, 15) is 14.7 Å². The zero-order valence-electron chi connectivity index (χ0n) is 12.2. The number of rotatable bonds is 4. The molecule has 2 rings (SSSR count). The topological polar surface area (TPSA) is 78.4 Å². The van der Waals surface area contributed by atoms with E-state index in [-0.39, 0.29) is 6.54 Å². The molecule has 0 bridgehead atoms. The van der Waals surface area contributed by atoms with Crippen molar-refractivity contribution >= 4 is 17.5 Å². The maximum absolute atomic E-state index is 11.8. The Kier molecular flexibility index (Phi) is 5.27. The van der Waals surface area contributed by atoms with Gasteiger partial charge >= 0.3 is 11.8 Å². The van der Waals surface area contributed by atoms with Crippen LogP contribution in [0.3, 0.4) is 0 Å². The number of hydrogen-bond donors (Lipinski definition) is 3. The van der Waals surface area contributed by atoms with E-state index in [0.717, 1.165) is 5.56 Å². The van der Waals surface area contributed by atoms with Gasteiger partial charge in [0.05, 0.1) is 6.10 Å². The second-order valence-electron chi connectivity index (χ2n) is 4.96. The van der Waals surface area contributed by atoms with Crippen LogP contribution >= 0.6 is 0 Å². The van der Waals surface area contributed by atoms with Gasteiger partial charge < -0.3 is 15.7 Å². The number of anilines is 1. The number of aliphatic hydroxyl groups excluding tert-OH is 1. The molecular formula is C17H18N2O3. The third kappa shape index (κ3) is 4.43.